The average molecular weight is 316 g/mol. The third-order valence-corrected chi connectivity index (χ3v) is 3.44. The maximum atomic E-state index is 11.9. The van der Waals surface area contributed by atoms with Gasteiger partial charge in [-0.25, -0.2) is 4.98 Å². The average Bonchev–Trinajstić information content (AvgIpc) is 3.17. The fourth-order valence-electron chi connectivity index (χ4n) is 1.68. The van der Waals surface area contributed by atoms with Gasteiger partial charge in [0, 0.05) is 23.3 Å². The molecule has 1 N–H and O–H groups in total. The van der Waals surface area contributed by atoms with E-state index in [0.717, 1.165) is 11.6 Å². The fourth-order valence-corrected chi connectivity index (χ4v) is 2.40. The SMILES string of the molecule is O=C(Nc1nc(-c2cccnc2)cs1)c1ccc([N+](=O)[O-])o1. The first-order valence-electron chi connectivity index (χ1n) is 6.05. The molecule has 22 heavy (non-hydrogen) atoms. The Kier molecular flexibility index (Phi) is 3.62. The Balaban J connectivity index is 1.74. The van der Waals surface area contributed by atoms with Gasteiger partial charge in [0.2, 0.25) is 0 Å². The van der Waals surface area contributed by atoms with Crippen molar-refractivity contribution < 1.29 is 14.1 Å². The highest BCUT2D eigenvalue weighted by Crippen LogP contribution is 2.25. The van der Waals surface area contributed by atoms with Crippen molar-refractivity contribution in [2.75, 3.05) is 5.32 Å². The number of furan rings is 1. The molecule has 1 amide bonds. The van der Waals surface area contributed by atoms with E-state index in [1.54, 1.807) is 23.8 Å². The van der Waals surface area contributed by atoms with Crippen LogP contribution >= 0.6 is 11.3 Å². The molecular formula is C13H8N4O4S. The van der Waals surface area contributed by atoms with Gasteiger partial charge >= 0.3 is 5.88 Å². The van der Waals surface area contributed by atoms with Crippen LogP contribution in [0.1, 0.15) is 10.6 Å². The number of hydrogen-bond acceptors (Lipinski definition) is 7. The van der Waals surface area contributed by atoms with Gasteiger partial charge in [0.15, 0.2) is 10.9 Å². The van der Waals surface area contributed by atoms with Crippen molar-refractivity contribution in [3.8, 4) is 11.3 Å². The smallest absolute Gasteiger partial charge is 0.395 e. The molecule has 8 nitrogen and oxygen atoms in total. The molecule has 0 bridgehead atoms. The van der Waals surface area contributed by atoms with Gasteiger partial charge in [0.25, 0.3) is 5.91 Å². The zero-order chi connectivity index (χ0) is 15.5. The van der Waals surface area contributed by atoms with Gasteiger partial charge < -0.3 is 4.42 Å². The molecule has 0 saturated carbocycles. The fraction of sp³-hybridized carbons (Fsp3) is 0. The van der Waals surface area contributed by atoms with Crippen molar-refractivity contribution in [1.29, 1.82) is 0 Å². The Morgan fingerprint density at radius 2 is 2.23 bits per heavy atom. The van der Waals surface area contributed by atoms with Crippen LogP contribution in [0.25, 0.3) is 11.3 Å². The number of carbonyl (C=O) groups excluding carboxylic acids is 1. The Hall–Kier alpha value is -3.07. The number of rotatable bonds is 4. The van der Waals surface area contributed by atoms with Crippen LogP contribution in [0, 0.1) is 10.1 Å². The zero-order valence-corrected chi connectivity index (χ0v) is 11.7. The molecule has 3 rings (SSSR count). The Morgan fingerprint density at radius 3 is 2.91 bits per heavy atom. The first-order valence-corrected chi connectivity index (χ1v) is 6.93. The van der Waals surface area contributed by atoms with Gasteiger partial charge in [0.05, 0.1) is 11.8 Å². The van der Waals surface area contributed by atoms with Crippen molar-refractivity contribution in [1.82, 2.24) is 9.97 Å². The Bertz CT molecular complexity index is 827. The van der Waals surface area contributed by atoms with Gasteiger partial charge in [-0.3, -0.25) is 25.2 Å². The number of aromatic nitrogens is 2. The van der Waals surface area contributed by atoms with Crippen molar-refractivity contribution in [2.45, 2.75) is 0 Å². The molecule has 0 radical (unpaired) electrons. The number of hydrogen-bond donors (Lipinski definition) is 1. The molecule has 9 heteroatoms. The number of nitro groups is 1. The largest absolute Gasteiger partial charge is 0.433 e. The van der Waals surface area contributed by atoms with Gasteiger partial charge in [-0.15, -0.1) is 11.3 Å². The number of anilines is 1. The van der Waals surface area contributed by atoms with E-state index in [2.05, 4.69) is 15.3 Å². The third-order valence-electron chi connectivity index (χ3n) is 2.68. The van der Waals surface area contributed by atoms with Crippen LogP contribution in [-0.4, -0.2) is 20.8 Å². The van der Waals surface area contributed by atoms with Gasteiger partial charge in [-0.2, -0.15) is 0 Å². The maximum absolute atomic E-state index is 11.9. The lowest BCUT2D eigenvalue weighted by molar-refractivity contribution is -0.402. The predicted molar refractivity (Wildman–Crippen MR) is 78.7 cm³/mol. The van der Waals surface area contributed by atoms with E-state index in [1.165, 1.54) is 17.4 Å². The van der Waals surface area contributed by atoms with E-state index in [9.17, 15) is 14.9 Å². The highest BCUT2D eigenvalue weighted by atomic mass is 32.1. The maximum Gasteiger partial charge on any atom is 0.433 e. The molecule has 0 aliphatic carbocycles. The summed E-state index contributed by atoms with van der Waals surface area (Å²) >= 11 is 1.23. The number of nitrogens with zero attached hydrogens (tertiary/aromatic N) is 3. The summed E-state index contributed by atoms with van der Waals surface area (Å²) in [6.07, 6.45) is 3.32. The summed E-state index contributed by atoms with van der Waals surface area (Å²) in [5.41, 5.74) is 1.51. The normalized spacial score (nSPS) is 10.4. The molecule has 3 heterocycles. The van der Waals surface area contributed by atoms with Gasteiger partial charge in [-0.1, -0.05) is 0 Å². The summed E-state index contributed by atoms with van der Waals surface area (Å²) < 4.78 is 4.83. The summed E-state index contributed by atoms with van der Waals surface area (Å²) in [6.45, 7) is 0. The van der Waals surface area contributed by atoms with E-state index in [0.29, 0.717) is 10.8 Å². The van der Waals surface area contributed by atoms with Crippen LogP contribution in [0.15, 0.2) is 46.5 Å². The standard InChI is InChI=1S/C13H8N4O4S/c18-12(10-3-4-11(21-10)17(19)20)16-13-15-9(7-22-13)8-2-1-5-14-6-8/h1-7H,(H,15,16,18). The number of nitrogens with one attached hydrogen (secondary N) is 1. The summed E-state index contributed by atoms with van der Waals surface area (Å²) in [6, 6.07) is 6.00. The molecule has 0 atom stereocenters. The monoisotopic (exact) mass is 316 g/mol. The molecule has 0 aromatic carbocycles. The summed E-state index contributed by atoms with van der Waals surface area (Å²) in [7, 11) is 0. The molecule has 0 saturated heterocycles. The third kappa shape index (κ3) is 2.83. The number of carbonyl (C=O) groups is 1. The highest BCUT2D eigenvalue weighted by Gasteiger charge is 2.18. The van der Waals surface area contributed by atoms with Gasteiger partial charge in [-0.05, 0) is 18.2 Å². The second-order valence-electron chi connectivity index (χ2n) is 4.13. The molecule has 0 aliphatic heterocycles. The zero-order valence-electron chi connectivity index (χ0n) is 10.9. The van der Waals surface area contributed by atoms with Crippen molar-refractivity contribution in [3.63, 3.8) is 0 Å². The second kappa shape index (κ2) is 5.74. The van der Waals surface area contributed by atoms with Crippen molar-refractivity contribution in [2.24, 2.45) is 0 Å². The van der Waals surface area contributed by atoms with Gasteiger partial charge in [0.1, 0.15) is 4.92 Å². The van der Waals surface area contributed by atoms with Crippen LogP contribution in [0.4, 0.5) is 11.0 Å². The lowest BCUT2D eigenvalue weighted by Gasteiger charge is -1.97. The minimum absolute atomic E-state index is 0.148. The van der Waals surface area contributed by atoms with E-state index in [1.807, 2.05) is 6.07 Å². The number of amides is 1. The van der Waals surface area contributed by atoms with Crippen molar-refractivity contribution >= 4 is 28.3 Å². The Morgan fingerprint density at radius 1 is 1.36 bits per heavy atom. The molecule has 3 aromatic rings. The molecular weight excluding hydrogens is 308 g/mol. The first-order chi connectivity index (χ1) is 10.6. The van der Waals surface area contributed by atoms with Crippen LogP contribution in [-0.2, 0) is 0 Å². The first kappa shape index (κ1) is 13.9. The minimum atomic E-state index is -0.708. The second-order valence-corrected chi connectivity index (χ2v) is 4.99. The molecule has 0 aliphatic rings. The van der Waals surface area contributed by atoms with Crippen molar-refractivity contribution in [3.05, 3.63) is 57.9 Å². The van der Waals surface area contributed by atoms with Crippen LogP contribution in [0.5, 0.6) is 0 Å². The summed E-state index contributed by atoms with van der Waals surface area (Å²) in [5, 5.41) is 15.2. The number of thiazole rings is 1. The Labute approximate surface area is 127 Å². The van der Waals surface area contributed by atoms with Crippen LogP contribution in [0.3, 0.4) is 0 Å². The lowest BCUT2D eigenvalue weighted by atomic mass is 10.2. The van der Waals surface area contributed by atoms with Crippen LogP contribution in [0.2, 0.25) is 0 Å². The molecule has 0 spiro atoms. The predicted octanol–water partition coefficient (Wildman–Crippen LogP) is 2.96. The number of pyridine rings is 1. The van der Waals surface area contributed by atoms with E-state index in [-0.39, 0.29) is 5.76 Å². The van der Waals surface area contributed by atoms with E-state index >= 15 is 0 Å². The van der Waals surface area contributed by atoms with E-state index in [4.69, 9.17) is 4.42 Å². The molecule has 3 aromatic heterocycles. The minimum Gasteiger partial charge on any atom is -0.395 e. The molecule has 0 unspecified atom stereocenters. The molecule has 0 fully saturated rings. The van der Waals surface area contributed by atoms with E-state index < -0.39 is 16.7 Å². The lowest BCUT2D eigenvalue weighted by Crippen LogP contribution is -2.10. The topological polar surface area (TPSA) is 111 Å². The van der Waals surface area contributed by atoms with Crippen LogP contribution < -0.4 is 5.32 Å². The highest BCUT2D eigenvalue weighted by molar-refractivity contribution is 7.14. The molecule has 110 valence electrons. The summed E-state index contributed by atoms with van der Waals surface area (Å²) in [5.74, 6) is -1.23. The quantitative estimate of drug-likeness (QED) is 0.585. The summed E-state index contributed by atoms with van der Waals surface area (Å²) in [4.78, 5) is 30.0.